The van der Waals surface area contributed by atoms with E-state index in [4.69, 9.17) is 4.74 Å². The lowest BCUT2D eigenvalue weighted by atomic mass is 9.99. The average Bonchev–Trinajstić information content (AvgIpc) is 2.30. The molecular weight excluding hydrogens is 188 g/mol. The average molecular weight is 202 g/mol. The molecular formula is C13H14O2. The molecule has 78 valence electrons. The monoisotopic (exact) mass is 202 g/mol. The van der Waals surface area contributed by atoms with Crippen LogP contribution in [0.2, 0.25) is 0 Å². The van der Waals surface area contributed by atoms with E-state index in [2.05, 4.69) is 6.58 Å². The summed E-state index contributed by atoms with van der Waals surface area (Å²) < 4.78 is 5.47. The van der Waals surface area contributed by atoms with Crippen molar-refractivity contribution in [3.05, 3.63) is 48.2 Å². The molecule has 2 rings (SSSR count). The van der Waals surface area contributed by atoms with Gasteiger partial charge in [-0.05, 0) is 18.9 Å². The Morgan fingerprint density at radius 2 is 2.33 bits per heavy atom. The Morgan fingerprint density at radius 1 is 1.47 bits per heavy atom. The van der Waals surface area contributed by atoms with Crippen LogP contribution in [0, 0.1) is 0 Å². The maximum absolute atomic E-state index is 9.97. The predicted octanol–water partition coefficient (Wildman–Crippen LogP) is 3.40. The smallest absolute Gasteiger partial charge is 0.129 e. The second-order valence-corrected chi connectivity index (χ2v) is 3.56. The largest absolute Gasteiger partial charge is 0.507 e. The van der Waals surface area contributed by atoms with Crippen molar-refractivity contribution in [1.29, 1.82) is 0 Å². The minimum atomic E-state index is -0.0325. The molecule has 0 amide bonds. The summed E-state index contributed by atoms with van der Waals surface area (Å²) in [6, 6.07) is 5.64. The van der Waals surface area contributed by atoms with Crippen LogP contribution in [-0.4, -0.2) is 5.11 Å². The highest BCUT2D eigenvalue weighted by Gasteiger charge is 2.18. The normalized spacial score (nSPS) is 19.6. The van der Waals surface area contributed by atoms with Gasteiger partial charge >= 0.3 is 0 Å². The molecule has 1 heterocycles. The Balaban J connectivity index is 2.35. The van der Waals surface area contributed by atoms with E-state index in [0.29, 0.717) is 0 Å². The van der Waals surface area contributed by atoms with Gasteiger partial charge in [-0.2, -0.15) is 0 Å². The molecule has 1 aromatic rings. The van der Waals surface area contributed by atoms with Crippen LogP contribution in [0.4, 0.5) is 0 Å². The van der Waals surface area contributed by atoms with E-state index in [1.165, 1.54) is 0 Å². The van der Waals surface area contributed by atoms with Crippen LogP contribution < -0.4 is 0 Å². The summed E-state index contributed by atoms with van der Waals surface area (Å²) in [4.78, 5) is 0. The molecule has 0 fully saturated rings. The summed E-state index contributed by atoms with van der Waals surface area (Å²) in [6.45, 7) is 3.66. The fourth-order valence-corrected chi connectivity index (χ4v) is 1.77. The topological polar surface area (TPSA) is 29.5 Å². The van der Waals surface area contributed by atoms with Crippen molar-refractivity contribution >= 4 is 6.08 Å². The number of hydrogen-bond donors (Lipinski definition) is 1. The number of benzene rings is 1. The molecule has 15 heavy (non-hydrogen) atoms. The molecule has 0 aromatic heterocycles. The first-order valence-corrected chi connectivity index (χ1v) is 5.07. The van der Waals surface area contributed by atoms with Crippen molar-refractivity contribution in [3.63, 3.8) is 0 Å². The van der Waals surface area contributed by atoms with Crippen molar-refractivity contribution in [2.75, 3.05) is 0 Å². The lowest BCUT2D eigenvalue weighted by Crippen LogP contribution is -2.04. The minimum Gasteiger partial charge on any atom is -0.507 e. The van der Waals surface area contributed by atoms with E-state index < -0.39 is 0 Å². The first-order valence-electron chi connectivity index (χ1n) is 5.07. The van der Waals surface area contributed by atoms with Crippen molar-refractivity contribution in [1.82, 2.24) is 0 Å². The van der Waals surface area contributed by atoms with Crippen LogP contribution in [0.3, 0.4) is 0 Å². The zero-order valence-corrected chi connectivity index (χ0v) is 8.52. The molecule has 0 saturated carbocycles. The third-order valence-corrected chi connectivity index (χ3v) is 2.60. The molecule has 1 N–H and O–H groups in total. The van der Waals surface area contributed by atoms with Gasteiger partial charge in [-0.15, -0.1) is 0 Å². The molecule has 2 nitrogen and oxygen atoms in total. The van der Waals surface area contributed by atoms with Crippen molar-refractivity contribution in [2.45, 2.75) is 18.9 Å². The number of aromatic hydroxyl groups is 1. The summed E-state index contributed by atoms with van der Waals surface area (Å²) in [7, 11) is 0. The quantitative estimate of drug-likeness (QED) is 0.796. The van der Waals surface area contributed by atoms with Gasteiger partial charge in [0.25, 0.3) is 0 Å². The van der Waals surface area contributed by atoms with Gasteiger partial charge < -0.3 is 9.84 Å². The van der Waals surface area contributed by atoms with E-state index >= 15 is 0 Å². The number of para-hydroxylation sites is 1. The molecule has 1 aliphatic rings. The van der Waals surface area contributed by atoms with Gasteiger partial charge in [0, 0.05) is 11.1 Å². The Kier molecular flexibility index (Phi) is 2.77. The summed E-state index contributed by atoms with van der Waals surface area (Å²) in [5, 5.41) is 9.97. The second-order valence-electron chi connectivity index (χ2n) is 3.56. The lowest BCUT2D eigenvalue weighted by molar-refractivity contribution is 0.122. The minimum absolute atomic E-state index is 0.0325. The predicted molar refractivity (Wildman–Crippen MR) is 60.4 cm³/mol. The van der Waals surface area contributed by atoms with Crippen LogP contribution in [0.5, 0.6) is 5.75 Å². The van der Waals surface area contributed by atoms with Crippen LogP contribution in [0.25, 0.3) is 6.08 Å². The SMILES string of the molecule is C=Cc1cccc(C2CCC=CO2)c1O. The molecule has 1 unspecified atom stereocenters. The first-order chi connectivity index (χ1) is 7.33. The Hall–Kier alpha value is -1.70. The number of ether oxygens (including phenoxy) is 1. The Morgan fingerprint density at radius 3 is 3.00 bits per heavy atom. The van der Waals surface area contributed by atoms with Gasteiger partial charge in [0.15, 0.2) is 0 Å². The Labute approximate surface area is 89.5 Å². The summed E-state index contributed by atoms with van der Waals surface area (Å²) in [5.74, 6) is 0.285. The molecule has 0 bridgehead atoms. The third kappa shape index (κ3) is 1.89. The van der Waals surface area contributed by atoms with Gasteiger partial charge in [0.2, 0.25) is 0 Å². The van der Waals surface area contributed by atoms with Crippen molar-refractivity contribution in [2.24, 2.45) is 0 Å². The maximum Gasteiger partial charge on any atom is 0.129 e. The highest BCUT2D eigenvalue weighted by atomic mass is 16.5. The standard InChI is InChI=1S/C13H14O2/c1-2-10-6-5-7-11(13(10)14)12-8-3-4-9-15-12/h2,4-7,9,12,14H,1,3,8H2. The first kappa shape index (κ1) is 9.84. The van der Waals surface area contributed by atoms with E-state index in [9.17, 15) is 5.11 Å². The van der Waals surface area contributed by atoms with Crippen molar-refractivity contribution < 1.29 is 9.84 Å². The molecule has 0 aliphatic carbocycles. The fourth-order valence-electron chi connectivity index (χ4n) is 1.77. The molecule has 1 aliphatic heterocycles. The lowest BCUT2D eigenvalue weighted by Gasteiger charge is -2.21. The van der Waals surface area contributed by atoms with Crippen LogP contribution in [0.1, 0.15) is 30.1 Å². The van der Waals surface area contributed by atoms with E-state index in [1.807, 2.05) is 24.3 Å². The van der Waals surface area contributed by atoms with Gasteiger partial charge in [-0.25, -0.2) is 0 Å². The number of allylic oxidation sites excluding steroid dienone is 1. The van der Waals surface area contributed by atoms with E-state index in [1.54, 1.807) is 12.3 Å². The van der Waals surface area contributed by atoms with Crippen LogP contribution in [0.15, 0.2) is 37.1 Å². The van der Waals surface area contributed by atoms with Gasteiger partial charge in [-0.3, -0.25) is 0 Å². The number of phenolic OH excluding ortho intramolecular Hbond substituents is 1. The van der Waals surface area contributed by atoms with Gasteiger partial charge in [-0.1, -0.05) is 30.9 Å². The zero-order chi connectivity index (χ0) is 10.7. The Bertz CT molecular complexity index is 394. The number of phenols is 1. The van der Waals surface area contributed by atoms with E-state index in [0.717, 1.165) is 24.0 Å². The molecule has 0 radical (unpaired) electrons. The fraction of sp³-hybridized carbons (Fsp3) is 0.231. The molecule has 1 atom stereocenters. The van der Waals surface area contributed by atoms with Gasteiger partial charge in [0.1, 0.15) is 11.9 Å². The summed E-state index contributed by atoms with van der Waals surface area (Å²) in [6.07, 6.45) is 7.21. The van der Waals surface area contributed by atoms with E-state index in [-0.39, 0.29) is 11.9 Å². The molecule has 0 saturated heterocycles. The summed E-state index contributed by atoms with van der Waals surface area (Å²) >= 11 is 0. The number of rotatable bonds is 2. The van der Waals surface area contributed by atoms with Crippen molar-refractivity contribution in [3.8, 4) is 5.75 Å². The highest BCUT2D eigenvalue weighted by Crippen LogP contribution is 2.34. The molecule has 0 spiro atoms. The zero-order valence-electron chi connectivity index (χ0n) is 8.52. The molecule has 2 heteroatoms. The highest BCUT2D eigenvalue weighted by molar-refractivity contribution is 5.58. The maximum atomic E-state index is 9.97. The van der Waals surface area contributed by atoms with Gasteiger partial charge in [0.05, 0.1) is 6.26 Å². The van der Waals surface area contributed by atoms with Crippen LogP contribution >= 0.6 is 0 Å². The number of hydrogen-bond acceptors (Lipinski definition) is 2. The molecule has 1 aromatic carbocycles. The third-order valence-electron chi connectivity index (χ3n) is 2.60. The second kappa shape index (κ2) is 4.22. The van der Waals surface area contributed by atoms with Crippen LogP contribution in [-0.2, 0) is 4.74 Å². The summed E-state index contributed by atoms with van der Waals surface area (Å²) in [5.41, 5.74) is 1.60.